The van der Waals surface area contributed by atoms with Gasteiger partial charge in [0.15, 0.2) is 0 Å². The lowest BCUT2D eigenvalue weighted by Gasteiger charge is -2.13. The van der Waals surface area contributed by atoms with Crippen LogP contribution in [-0.4, -0.2) is 4.98 Å². The Morgan fingerprint density at radius 1 is 0.947 bits per heavy atom. The van der Waals surface area contributed by atoms with Crippen LogP contribution in [0.1, 0.15) is 22.1 Å². The van der Waals surface area contributed by atoms with E-state index in [4.69, 9.17) is 11.6 Å². The molecule has 1 atom stereocenters. The maximum absolute atomic E-state index is 6.62. The zero-order chi connectivity index (χ0) is 13.2. The molecule has 19 heavy (non-hydrogen) atoms. The van der Waals surface area contributed by atoms with Crippen molar-refractivity contribution in [1.29, 1.82) is 0 Å². The van der Waals surface area contributed by atoms with Crippen LogP contribution in [0.4, 0.5) is 0 Å². The molecule has 0 N–H and O–H groups in total. The highest BCUT2D eigenvalue weighted by Gasteiger charge is 2.13. The topological polar surface area (TPSA) is 12.9 Å². The first-order valence-electron chi connectivity index (χ1n) is 6.29. The molecule has 3 aromatic rings. The Labute approximate surface area is 117 Å². The van der Waals surface area contributed by atoms with Crippen molar-refractivity contribution < 1.29 is 0 Å². The van der Waals surface area contributed by atoms with Crippen LogP contribution in [0.25, 0.3) is 10.8 Å². The third-order valence-electron chi connectivity index (χ3n) is 3.34. The summed E-state index contributed by atoms with van der Waals surface area (Å²) >= 11 is 6.62. The average molecular weight is 268 g/mol. The van der Waals surface area contributed by atoms with Crippen LogP contribution in [0.5, 0.6) is 0 Å². The van der Waals surface area contributed by atoms with E-state index in [-0.39, 0.29) is 5.38 Å². The fourth-order valence-electron chi connectivity index (χ4n) is 2.26. The molecule has 1 aromatic heterocycles. The zero-order valence-electron chi connectivity index (χ0n) is 10.7. The van der Waals surface area contributed by atoms with E-state index >= 15 is 0 Å². The molecule has 0 aliphatic carbocycles. The lowest BCUT2D eigenvalue weighted by molar-refractivity contribution is 1.12. The zero-order valence-corrected chi connectivity index (χ0v) is 11.4. The second-order valence-electron chi connectivity index (χ2n) is 4.72. The number of halogens is 1. The van der Waals surface area contributed by atoms with Crippen LogP contribution < -0.4 is 0 Å². The predicted octanol–water partition coefficient (Wildman–Crippen LogP) is 4.87. The van der Waals surface area contributed by atoms with Gasteiger partial charge < -0.3 is 0 Å². The summed E-state index contributed by atoms with van der Waals surface area (Å²) in [6, 6.07) is 16.5. The molecule has 0 fully saturated rings. The molecule has 0 saturated heterocycles. The average Bonchev–Trinajstić information content (AvgIpc) is 2.47. The molecule has 94 valence electrons. The molecule has 1 heterocycles. The molecule has 0 bridgehead atoms. The van der Waals surface area contributed by atoms with Gasteiger partial charge in [-0.1, -0.05) is 54.1 Å². The number of hydrogen-bond acceptors (Lipinski definition) is 1. The fraction of sp³-hybridized carbons (Fsp3) is 0.118. The van der Waals surface area contributed by atoms with Gasteiger partial charge in [-0.2, -0.15) is 0 Å². The maximum Gasteiger partial charge on any atom is 0.0856 e. The number of pyridine rings is 1. The summed E-state index contributed by atoms with van der Waals surface area (Å²) in [7, 11) is 0. The van der Waals surface area contributed by atoms with Crippen molar-refractivity contribution in [2.24, 2.45) is 0 Å². The van der Waals surface area contributed by atoms with Gasteiger partial charge in [0.1, 0.15) is 0 Å². The van der Waals surface area contributed by atoms with E-state index in [0.29, 0.717) is 0 Å². The van der Waals surface area contributed by atoms with Crippen molar-refractivity contribution in [1.82, 2.24) is 4.98 Å². The minimum atomic E-state index is -0.167. The van der Waals surface area contributed by atoms with Gasteiger partial charge in [-0.25, -0.2) is 0 Å². The second-order valence-corrected chi connectivity index (χ2v) is 5.16. The first kappa shape index (κ1) is 12.2. The quantitative estimate of drug-likeness (QED) is 0.604. The summed E-state index contributed by atoms with van der Waals surface area (Å²) < 4.78 is 0. The number of rotatable bonds is 2. The van der Waals surface area contributed by atoms with Gasteiger partial charge in [0.05, 0.1) is 5.38 Å². The summed E-state index contributed by atoms with van der Waals surface area (Å²) in [4.78, 5) is 4.29. The third kappa shape index (κ3) is 2.34. The molecule has 2 aromatic carbocycles. The number of alkyl halides is 1. The molecule has 3 rings (SSSR count). The van der Waals surface area contributed by atoms with Crippen molar-refractivity contribution in [2.45, 2.75) is 12.3 Å². The standard InChI is InChI=1S/C17H14ClN/c1-12-6-8-13(9-7-12)17(18)16-11-19-10-14-4-2-3-5-15(14)16/h2-11,17H,1H3. The maximum atomic E-state index is 6.62. The molecule has 0 spiro atoms. The van der Waals surface area contributed by atoms with Gasteiger partial charge in [-0.05, 0) is 17.9 Å². The van der Waals surface area contributed by atoms with E-state index in [1.807, 2.05) is 24.5 Å². The van der Waals surface area contributed by atoms with Crippen LogP contribution in [-0.2, 0) is 0 Å². The van der Waals surface area contributed by atoms with Gasteiger partial charge in [-0.15, -0.1) is 11.6 Å². The molecule has 0 aliphatic rings. The van der Waals surface area contributed by atoms with Crippen LogP contribution in [0.2, 0.25) is 0 Å². The van der Waals surface area contributed by atoms with Gasteiger partial charge >= 0.3 is 0 Å². The molecular weight excluding hydrogens is 254 g/mol. The summed E-state index contributed by atoms with van der Waals surface area (Å²) in [5.74, 6) is 0. The second kappa shape index (κ2) is 5.02. The fourth-order valence-corrected chi connectivity index (χ4v) is 2.58. The summed E-state index contributed by atoms with van der Waals surface area (Å²) in [6.07, 6.45) is 3.73. The van der Waals surface area contributed by atoms with Gasteiger partial charge in [0, 0.05) is 23.3 Å². The lowest BCUT2D eigenvalue weighted by Crippen LogP contribution is -1.95. The number of hydrogen-bond donors (Lipinski definition) is 0. The SMILES string of the molecule is Cc1ccc(C(Cl)c2cncc3ccccc23)cc1. The number of fused-ring (bicyclic) bond motifs is 1. The Balaban J connectivity index is 2.11. The van der Waals surface area contributed by atoms with Crippen molar-refractivity contribution in [2.75, 3.05) is 0 Å². The van der Waals surface area contributed by atoms with Crippen LogP contribution >= 0.6 is 11.6 Å². The Hall–Kier alpha value is -1.86. The molecule has 0 saturated carbocycles. The highest BCUT2D eigenvalue weighted by molar-refractivity contribution is 6.23. The Morgan fingerprint density at radius 2 is 1.68 bits per heavy atom. The molecule has 0 radical (unpaired) electrons. The highest BCUT2D eigenvalue weighted by Crippen LogP contribution is 2.33. The predicted molar refractivity (Wildman–Crippen MR) is 80.6 cm³/mol. The van der Waals surface area contributed by atoms with Crippen LogP contribution in [0.3, 0.4) is 0 Å². The largest absolute Gasteiger partial charge is 0.264 e. The molecule has 1 unspecified atom stereocenters. The monoisotopic (exact) mass is 267 g/mol. The van der Waals surface area contributed by atoms with Crippen LogP contribution in [0.15, 0.2) is 60.9 Å². The number of aryl methyl sites for hydroxylation is 1. The Morgan fingerprint density at radius 3 is 2.47 bits per heavy atom. The molecule has 0 amide bonds. The van der Waals surface area contributed by atoms with E-state index in [9.17, 15) is 0 Å². The molecule has 1 nitrogen and oxygen atoms in total. The van der Waals surface area contributed by atoms with Crippen LogP contribution in [0, 0.1) is 6.92 Å². The first-order valence-corrected chi connectivity index (χ1v) is 6.72. The molecule has 2 heteroatoms. The lowest BCUT2D eigenvalue weighted by atomic mass is 10.00. The Bertz CT molecular complexity index is 699. The third-order valence-corrected chi connectivity index (χ3v) is 3.83. The normalized spacial score (nSPS) is 12.5. The van der Waals surface area contributed by atoms with Gasteiger partial charge in [0.2, 0.25) is 0 Å². The van der Waals surface area contributed by atoms with Crippen molar-refractivity contribution in [3.05, 3.63) is 77.6 Å². The Kier molecular flexibility index (Phi) is 3.22. The summed E-state index contributed by atoms with van der Waals surface area (Å²) in [6.45, 7) is 2.08. The van der Waals surface area contributed by atoms with Crippen molar-refractivity contribution >= 4 is 22.4 Å². The molecule has 0 aliphatic heterocycles. The molecular formula is C17H14ClN. The van der Waals surface area contributed by atoms with E-state index < -0.39 is 0 Å². The minimum Gasteiger partial charge on any atom is -0.264 e. The van der Waals surface area contributed by atoms with E-state index in [1.165, 1.54) is 5.56 Å². The van der Waals surface area contributed by atoms with E-state index in [1.54, 1.807) is 0 Å². The van der Waals surface area contributed by atoms with Crippen molar-refractivity contribution in [3.8, 4) is 0 Å². The van der Waals surface area contributed by atoms with Crippen molar-refractivity contribution in [3.63, 3.8) is 0 Å². The summed E-state index contributed by atoms with van der Waals surface area (Å²) in [5.41, 5.74) is 3.40. The van der Waals surface area contributed by atoms with Gasteiger partial charge in [-0.3, -0.25) is 4.98 Å². The smallest absolute Gasteiger partial charge is 0.0856 e. The summed E-state index contributed by atoms with van der Waals surface area (Å²) in [5, 5.41) is 2.12. The first-order chi connectivity index (χ1) is 9.25. The van der Waals surface area contributed by atoms with E-state index in [2.05, 4.69) is 48.3 Å². The highest BCUT2D eigenvalue weighted by atomic mass is 35.5. The van der Waals surface area contributed by atoms with Gasteiger partial charge in [0.25, 0.3) is 0 Å². The minimum absolute atomic E-state index is 0.167. The van der Waals surface area contributed by atoms with E-state index in [0.717, 1.165) is 21.9 Å². The number of aromatic nitrogens is 1. The number of benzene rings is 2. The number of nitrogens with zero attached hydrogens (tertiary/aromatic N) is 1.